The number of H-pyrrole nitrogens is 1. The lowest BCUT2D eigenvalue weighted by Crippen LogP contribution is -2.55. The van der Waals surface area contributed by atoms with Crippen molar-refractivity contribution >= 4 is 16.8 Å². The van der Waals surface area contributed by atoms with E-state index in [1.807, 2.05) is 0 Å². The van der Waals surface area contributed by atoms with Crippen LogP contribution in [0.3, 0.4) is 0 Å². The summed E-state index contributed by atoms with van der Waals surface area (Å²) in [5.41, 5.74) is -0.00749. The van der Waals surface area contributed by atoms with Crippen LogP contribution in [-0.2, 0) is 11.3 Å². The first kappa shape index (κ1) is 18.6. The average molecular weight is 396 g/mol. The monoisotopic (exact) mass is 395 g/mol. The highest BCUT2D eigenvalue weighted by atomic mass is 16.2. The normalized spacial score (nSPS) is 31.1. The molecule has 0 saturated heterocycles. The van der Waals surface area contributed by atoms with Gasteiger partial charge < -0.3 is 5.32 Å². The molecule has 0 unspecified atom stereocenters. The molecule has 2 N–H and O–H groups in total. The summed E-state index contributed by atoms with van der Waals surface area (Å²) >= 11 is 0. The lowest BCUT2D eigenvalue weighted by molar-refractivity contribution is -0.126. The first-order valence-corrected chi connectivity index (χ1v) is 10.9. The Labute approximate surface area is 169 Å². The van der Waals surface area contributed by atoms with Crippen molar-refractivity contribution in [2.75, 3.05) is 0 Å². The van der Waals surface area contributed by atoms with Crippen LogP contribution in [0.25, 0.3) is 10.9 Å². The molecule has 154 valence electrons. The Morgan fingerprint density at radius 2 is 1.76 bits per heavy atom. The van der Waals surface area contributed by atoms with Gasteiger partial charge in [-0.1, -0.05) is 12.1 Å². The third-order valence-electron chi connectivity index (χ3n) is 7.85. The fourth-order valence-electron chi connectivity index (χ4n) is 6.85. The number of aromatic amines is 1. The van der Waals surface area contributed by atoms with Crippen molar-refractivity contribution in [3.8, 4) is 0 Å². The van der Waals surface area contributed by atoms with E-state index in [0.717, 1.165) is 17.8 Å². The van der Waals surface area contributed by atoms with E-state index in [4.69, 9.17) is 0 Å². The van der Waals surface area contributed by atoms with Gasteiger partial charge in [0.25, 0.3) is 5.56 Å². The Balaban J connectivity index is 1.28. The molecule has 6 rings (SSSR count). The molecule has 0 spiro atoms. The lowest BCUT2D eigenvalue weighted by Gasteiger charge is -2.59. The number of aryl methyl sites for hydroxylation is 1. The van der Waals surface area contributed by atoms with Crippen molar-refractivity contribution in [1.82, 2.24) is 14.9 Å². The molecule has 1 heterocycles. The number of nitrogens with zero attached hydrogens (tertiary/aromatic N) is 1. The van der Waals surface area contributed by atoms with Crippen LogP contribution in [0.4, 0.5) is 0 Å². The highest BCUT2D eigenvalue weighted by molar-refractivity contribution is 5.79. The van der Waals surface area contributed by atoms with Crippen molar-refractivity contribution in [1.29, 1.82) is 0 Å². The number of hydrogen-bond donors (Lipinski definition) is 2. The second-order valence-electron chi connectivity index (χ2n) is 9.75. The van der Waals surface area contributed by atoms with Crippen LogP contribution < -0.4 is 16.6 Å². The van der Waals surface area contributed by atoms with E-state index in [9.17, 15) is 14.4 Å². The summed E-state index contributed by atoms with van der Waals surface area (Å²) in [6, 6.07) is 7.19. The van der Waals surface area contributed by atoms with Gasteiger partial charge in [-0.25, -0.2) is 4.79 Å². The summed E-state index contributed by atoms with van der Waals surface area (Å²) < 4.78 is 1.49. The first-order chi connectivity index (χ1) is 13.9. The molecule has 4 bridgehead atoms. The molecule has 6 nitrogen and oxygen atoms in total. The van der Waals surface area contributed by atoms with Gasteiger partial charge in [0.05, 0.1) is 10.9 Å². The van der Waals surface area contributed by atoms with E-state index < -0.39 is 5.69 Å². The maximum Gasteiger partial charge on any atom is 0.328 e. The Morgan fingerprint density at radius 1 is 1.14 bits per heavy atom. The minimum Gasteiger partial charge on any atom is -0.353 e. The Hall–Kier alpha value is -2.37. The summed E-state index contributed by atoms with van der Waals surface area (Å²) in [7, 11) is 0. The zero-order valence-corrected chi connectivity index (χ0v) is 16.9. The van der Waals surface area contributed by atoms with Crippen LogP contribution >= 0.6 is 0 Å². The van der Waals surface area contributed by atoms with Gasteiger partial charge in [-0.3, -0.25) is 19.1 Å². The SMILES string of the molecule is C[C@H](NC(=O)CCn1c(=O)[nH]c(=O)c2ccccc21)C12CC3CC(CC(C3)C1)C2. The van der Waals surface area contributed by atoms with E-state index in [-0.39, 0.29) is 35.9 Å². The molecule has 2 aromatic rings. The number of fused-ring (bicyclic) bond motifs is 1. The molecule has 1 aromatic heterocycles. The van der Waals surface area contributed by atoms with Crippen molar-refractivity contribution in [2.45, 2.75) is 64.5 Å². The van der Waals surface area contributed by atoms with Gasteiger partial charge in [-0.05, 0) is 80.8 Å². The largest absolute Gasteiger partial charge is 0.353 e. The van der Waals surface area contributed by atoms with Crippen molar-refractivity contribution in [2.24, 2.45) is 23.2 Å². The van der Waals surface area contributed by atoms with Crippen LogP contribution in [-0.4, -0.2) is 21.5 Å². The summed E-state index contributed by atoms with van der Waals surface area (Å²) in [4.78, 5) is 39.4. The quantitative estimate of drug-likeness (QED) is 0.816. The van der Waals surface area contributed by atoms with Crippen molar-refractivity contribution in [3.63, 3.8) is 0 Å². The molecule has 0 radical (unpaired) electrons. The Morgan fingerprint density at radius 3 is 2.41 bits per heavy atom. The predicted octanol–water partition coefficient (Wildman–Crippen LogP) is 2.80. The van der Waals surface area contributed by atoms with Gasteiger partial charge in [0, 0.05) is 19.0 Å². The first-order valence-electron chi connectivity index (χ1n) is 10.9. The van der Waals surface area contributed by atoms with E-state index in [1.54, 1.807) is 24.3 Å². The lowest BCUT2D eigenvalue weighted by atomic mass is 9.48. The second kappa shape index (κ2) is 6.85. The van der Waals surface area contributed by atoms with Gasteiger partial charge in [0.2, 0.25) is 5.91 Å². The number of nitrogens with one attached hydrogen (secondary N) is 2. The molecule has 1 aromatic carbocycles. The van der Waals surface area contributed by atoms with E-state index in [0.29, 0.717) is 10.9 Å². The highest BCUT2D eigenvalue weighted by Crippen LogP contribution is 2.61. The van der Waals surface area contributed by atoms with Crippen molar-refractivity contribution < 1.29 is 4.79 Å². The molecule has 1 amide bonds. The maximum atomic E-state index is 12.7. The summed E-state index contributed by atoms with van der Waals surface area (Å²) in [6.45, 7) is 2.43. The Bertz CT molecular complexity index is 1030. The van der Waals surface area contributed by atoms with Gasteiger partial charge in [-0.15, -0.1) is 0 Å². The number of aromatic nitrogens is 2. The highest BCUT2D eigenvalue weighted by Gasteiger charge is 2.53. The molecule has 29 heavy (non-hydrogen) atoms. The number of hydrogen-bond acceptors (Lipinski definition) is 3. The molecule has 0 aliphatic heterocycles. The molecule has 4 aliphatic rings. The van der Waals surface area contributed by atoms with Crippen LogP contribution in [0, 0.1) is 23.2 Å². The van der Waals surface area contributed by atoms with Crippen LogP contribution in [0.5, 0.6) is 0 Å². The minimum atomic E-state index is -0.462. The third-order valence-corrected chi connectivity index (χ3v) is 7.85. The molecule has 4 aliphatic carbocycles. The average Bonchev–Trinajstić information content (AvgIpc) is 2.66. The zero-order chi connectivity index (χ0) is 20.2. The fourth-order valence-corrected chi connectivity index (χ4v) is 6.85. The van der Waals surface area contributed by atoms with Crippen LogP contribution in [0.2, 0.25) is 0 Å². The van der Waals surface area contributed by atoms with Gasteiger partial charge in [0.1, 0.15) is 0 Å². The Kier molecular flexibility index (Phi) is 4.41. The topological polar surface area (TPSA) is 84.0 Å². The number of benzene rings is 1. The van der Waals surface area contributed by atoms with E-state index >= 15 is 0 Å². The van der Waals surface area contributed by atoms with E-state index in [1.165, 1.54) is 43.1 Å². The summed E-state index contributed by atoms with van der Waals surface area (Å²) in [6.07, 6.45) is 8.17. The van der Waals surface area contributed by atoms with Crippen molar-refractivity contribution in [3.05, 3.63) is 45.1 Å². The number of carbonyl (C=O) groups excluding carboxylic acids is 1. The number of carbonyl (C=O) groups is 1. The molecule has 1 atom stereocenters. The van der Waals surface area contributed by atoms with E-state index in [2.05, 4.69) is 17.2 Å². The minimum absolute atomic E-state index is 0.0181. The zero-order valence-electron chi connectivity index (χ0n) is 16.9. The summed E-state index contributed by atoms with van der Waals surface area (Å²) in [5, 5.41) is 3.73. The fraction of sp³-hybridized carbons (Fsp3) is 0.609. The van der Waals surface area contributed by atoms with Crippen LogP contribution in [0.15, 0.2) is 33.9 Å². The third kappa shape index (κ3) is 3.22. The second-order valence-corrected chi connectivity index (χ2v) is 9.75. The molecule has 4 saturated carbocycles. The molecule has 6 heteroatoms. The van der Waals surface area contributed by atoms with Gasteiger partial charge in [0.15, 0.2) is 0 Å². The smallest absolute Gasteiger partial charge is 0.328 e. The van der Waals surface area contributed by atoms with Crippen LogP contribution in [0.1, 0.15) is 51.9 Å². The standard InChI is InChI=1S/C23H29N3O3/c1-14(23-11-15-8-16(12-23)10-17(9-15)13-23)24-20(27)6-7-26-19-5-3-2-4-18(19)21(28)25-22(26)29/h2-5,14-17H,6-13H2,1H3,(H,24,27)(H,25,28,29)/t14-,15?,16?,17?,23?/m0/s1. The summed E-state index contributed by atoms with van der Waals surface area (Å²) in [5.74, 6) is 2.54. The molecular formula is C23H29N3O3. The van der Waals surface area contributed by atoms with Gasteiger partial charge in [-0.2, -0.15) is 0 Å². The van der Waals surface area contributed by atoms with Gasteiger partial charge >= 0.3 is 5.69 Å². The number of rotatable bonds is 5. The predicted molar refractivity (Wildman–Crippen MR) is 112 cm³/mol. The number of para-hydroxylation sites is 1. The molecule has 4 fully saturated rings. The maximum absolute atomic E-state index is 12.7. The molecular weight excluding hydrogens is 366 g/mol. The number of amides is 1.